The van der Waals surface area contributed by atoms with Crippen LogP contribution in [0.1, 0.15) is 33.0 Å². The molecule has 0 spiro atoms. The van der Waals surface area contributed by atoms with Gasteiger partial charge in [-0.05, 0) is 38.9 Å². The van der Waals surface area contributed by atoms with Gasteiger partial charge in [-0.1, -0.05) is 6.92 Å². The number of nitrogens with zero attached hydrogens (tertiary/aromatic N) is 1. The number of hydrogen-bond acceptors (Lipinski definition) is 5. The van der Waals surface area contributed by atoms with Crippen LogP contribution >= 0.6 is 0 Å². The summed E-state index contributed by atoms with van der Waals surface area (Å²) in [6.07, 6.45) is 0.923. The summed E-state index contributed by atoms with van der Waals surface area (Å²) >= 11 is 0. The number of sulfonamides is 1. The van der Waals surface area contributed by atoms with Gasteiger partial charge in [0.05, 0.1) is 19.3 Å². The third-order valence-corrected chi connectivity index (χ3v) is 5.33. The van der Waals surface area contributed by atoms with E-state index in [1.54, 1.807) is 6.07 Å². The zero-order chi connectivity index (χ0) is 15.5. The van der Waals surface area contributed by atoms with E-state index in [-0.39, 0.29) is 17.2 Å². The molecule has 1 aromatic heterocycles. The fourth-order valence-electron chi connectivity index (χ4n) is 2.30. The van der Waals surface area contributed by atoms with Crippen molar-refractivity contribution in [1.29, 1.82) is 0 Å². The minimum atomic E-state index is -3.60. The molecule has 0 bridgehead atoms. The highest BCUT2D eigenvalue weighted by molar-refractivity contribution is 7.89. The van der Waals surface area contributed by atoms with Crippen molar-refractivity contribution in [3.05, 3.63) is 17.9 Å². The minimum Gasteiger partial charge on any atom is -0.447 e. The van der Waals surface area contributed by atoms with Crippen LogP contribution in [-0.2, 0) is 21.3 Å². The summed E-state index contributed by atoms with van der Waals surface area (Å²) in [6.45, 7) is 7.97. The third kappa shape index (κ3) is 3.85. The molecule has 120 valence electrons. The van der Waals surface area contributed by atoms with Gasteiger partial charge in [0.2, 0.25) is 5.09 Å². The van der Waals surface area contributed by atoms with Crippen LogP contribution in [0.15, 0.2) is 21.6 Å². The Balaban J connectivity index is 2.11. The summed E-state index contributed by atoms with van der Waals surface area (Å²) in [5, 5.41) is 3.20. The molecule has 6 nitrogen and oxygen atoms in total. The van der Waals surface area contributed by atoms with Gasteiger partial charge < -0.3 is 14.5 Å². The van der Waals surface area contributed by atoms with E-state index in [1.807, 2.05) is 13.8 Å². The molecule has 1 saturated heterocycles. The Bertz CT molecular complexity index is 555. The Labute approximate surface area is 126 Å². The zero-order valence-corrected chi connectivity index (χ0v) is 13.6. The summed E-state index contributed by atoms with van der Waals surface area (Å²) in [5.74, 6) is 0.635. The molecule has 1 aliphatic rings. The van der Waals surface area contributed by atoms with Crippen molar-refractivity contribution in [2.75, 3.05) is 19.7 Å². The Morgan fingerprint density at radius 2 is 2.14 bits per heavy atom. The number of morpholine rings is 1. The van der Waals surface area contributed by atoms with Gasteiger partial charge >= 0.3 is 0 Å². The molecular formula is C14H24N2O4S. The molecule has 0 saturated carbocycles. The maximum absolute atomic E-state index is 12.6. The van der Waals surface area contributed by atoms with Crippen molar-refractivity contribution in [3.63, 3.8) is 0 Å². The van der Waals surface area contributed by atoms with Crippen LogP contribution < -0.4 is 5.32 Å². The lowest BCUT2D eigenvalue weighted by Gasteiger charge is -2.34. The molecule has 21 heavy (non-hydrogen) atoms. The second kappa shape index (κ2) is 6.91. The first-order valence-corrected chi connectivity index (χ1v) is 8.82. The monoisotopic (exact) mass is 316 g/mol. The van der Waals surface area contributed by atoms with E-state index < -0.39 is 10.0 Å². The maximum Gasteiger partial charge on any atom is 0.276 e. The maximum atomic E-state index is 12.6. The first-order chi connectivity index (χ1) is 9.95. The van der Waals surface area contributed by atoms with Crippen molar-refractivity contribution in [2.24, 2.45) is 0 Å². The predicted octanol–water partition coefficient (Wildman–Crippen LogP) is 1.58. The smallest absolute Gasteiger partial charge is 0.276 e. The number of nitrogens with one attached hydrogen (secondary N) is 1. The molecule has 2 rings (SSSR count). The Hall–Kier alpha value is -0.890. The largest absolute Gasteiger partial charge is 0.447 e. The Morgan fingerprint density at radius 3 is 2.86 bits per heavy atom. The molecule has 7 heteroatoms. The van der Waals surface area contributed by atoms with E-state index in [2.05, 4.69) is 12.2 Å². The SMILES string of the molecule is CCCNCc1ccc(S(=O)(=O)N2CC(C)OCC2C)o1. The summed E-state index contributed by atoms with van der Waals surface area (Å²) in [5.41, 5.74) is 0. The number of hydrogen-bond donors (Lipinski definition) is 1. The molecule has 0 amide bonds. The van der Waals surface area contributed by atoms with Crippen molar-refractivity contribution in [1.82, 2.24) is 9.62 Å². The highest BCUT2D eigenvalue weighted by Gasteiger charge is 2.36. The van der Waals surface area contributed by atoms with Crippen molar-refractivity contribution in [2.45, 2.75) is 51.0 Å². The zero-order valence-electron chi connectivity index (χ0n) is 12.8. The van der Waals surface area contributed by atoms with Crippen molar-refractivity contribution >= 4 is 10.0 Å². The van der Waals surface area contributed by atoms with E-state index in [9.17, 15) is 8.42 Å². The molecule has 0 aliphatic carbocycles. The van der Waals surface area contributed by atoms with Crippen LogP contribution in [0.5, 0.6) is 0 Å². The van der Waals surface area contributed by atoms with E-state index in [1.165, 1.54) is 10.4 Å². The summed E-state index contributed by atoms with van der Waals surface area (Å²) in [4.78, 5) is 0. The molecular weight excluding hydrogens is 292 g/mol. The summed E-state index contributed by atoms with van der Waals surface area (Å²) in [7, 11) is -3.60. The topological polar surface area (TPSA) is 71.8 Å². The van der Waals surface area contributed by atoms with Gasteiger partial charge in [0, 0.05) is 12.6 Å². The van der Waals surface area contributed by atoms with Gasteiger partial charge in [0.25, 0.3) is 10.0 Å². The summed E-state index contributed by atoms with van der Waals surface area (Å²) < 4.78 is 37.7. The summed E-state index contributed by atoms with van der Waals surface area (Å²) in [6, 6.07) is 3.06. The fourth-order valence-corrected chi connectivity index (χ4v) is 3.93. The highest BCUT2D eigenvalue weighted by atomic mass is 32.2. The van der Waals surface area contributed by atoms with Crippen LogP contribution in [0.25, 0.3) is 0 Å². The third-order valence-electron chi connectivity index (χ3n) is 3.48. The second-order valence-electron chi connectivity index (χ2n) is 5.47. The fraction of sp³-hybridized carbons (Fsp3) is 0.714. The van der Waals surface area contributed by atoms with Gasteiger partial charge in [-0.3, -0.25) is 0 Å². The number of rotatable bonds is 6. The quantitative estimate of drug-likeness (QED) is 0.807. The average molecular weight is 316 g/mol. The van der Waals surface area contributed by atoms with Crippen LogP contribution in [0.4, 0.5) is 0 Å². The van der Waals surface area contributed by atoms with Gasteiger partial charge in [-0.25, -0.2) is 8.42 Å². The average Bonchev–Trinajstić information content (AvgIpc) is 2.91. The second-order valence-corrected chi connectivity index (χ2v) is 7.29. The first kappa shape index (κ1) is 16.5. The minimum absolute atomic E-state index is 0.0109. The van der Waals surface area contributed by atoms with Gasteiger partial charge in [-0.2, -0.15) is 4.31 Å². The molecule has 0 aromatic carbocycles. The number of ether oxygens (including phenoxy) is 1. The Morgan fingerprint density at radius 1 is 1.38 bits per heavy atom. The Kier molecular flexibility index (Phi) is 5.43. The molecule has 2 heterocycles. The van der Waals surface area contributed by atoms with E-state index in [4.69, 9.17) is 9.15 Å². The molecule has 1 fully saturated rings. The van der Waals surface area contributed by atoms with E-state index in [0.717, 1.165) is 13.0 Å². The van der Waals surface area contributed by atoms with Gasteiger partial charge in [0.1, 0.15) is 5.76 Å². The lowest BCUT2D eigenvalue weighted by Crippen LogP contribution is -2.49. The van der Waals surface area contributed by atoms with Gasteiger partial charge in [0.15, 0.2) is 0 Å². The molecule has 2 atom stereocenters. The molecule has 0 radical (unpaired) electrons. The van der Waals surface area contributed by atoms with E-state index in [0.29, 0.717) is 25.5 Å². The predicted molar refractivity (Wildman–Crippen MR) is 79.5 cm³/mol. The lowest BCUT2D eigenvalue weighted by molar-refractivity contribution is -0.0175. The van der Waals surface area contributed by atoms with Crippen LogP contribution in [0.3, 0.4) is 0 Å². The van der Waals surface area contributed by atoms with E-state index >= 15 is 0 Å². The van der Waals surface area contributed by atoms with Crippen molar-refractivity contribution < 1.29 is 17.6 Å². The van der Waals surface area contributed by atoms with Crippen LogP contribution in [0, 0.1) is 0 Å². The molecule has 1 N–H and O–H groups in total. The highest BCUT2D eigenvalue weighted by Crippen LogP contribution is 2.24. The van der Waals surface area contributed by atoms with Crippen LogP contribution in [0.2, 0.25) is 0 Å². The molecule has 1 aliphatic heterocycles. The van der Waals surface area contributed by atoms with Crippen molar-refractivity contribution in [3.8, 4) is 0 Å². The molecule has 2 unspecified atom stereocenters. The number of furan rings is 1. The molecule has 1 aromatic rings. The standard InChI is InChI=1S/C14H24N2O4S/c1-4-7-15-8-13-5-6-14(20-13)21(17,18)16-9-12(3)19-10-11(16)2/h5-6,11-12,15H,4,7-10H2,1-3H3. The van der Waals surface area contributed by atoms with Crippen LogP contribution in [-0.4, -0.2) is 44.6 Å². The normalized spacial score (nSPS) is 24.3. The van der Waals surface area contributed by atoms with Gasteiger partial charge in [-0.15, -0.1) is 0 Å². The lowest BCUT2D eigenvalue weighted by atomic mass is 10.2. The first-order valence-electron chi connectivity index (χ1n) is 7.38.